The van der Waals surface area contributed by atoms with Crippen LogP contribution in [0, 0.1) is 0 Å². The molecule has 0 aromatic heterocycles. The highest BCUT2D eigenvalue weighted by Gasteiger charge is 2.24. The summed E-state index contributed by atoms with van der Waals surface area (Å²) in [4.78, 5) is 2.33. The predicted molar refractivity (Wildman–Crippen MR) is 98.5 cm³/mol. The van der Waals surface area contributed by atoms with Gasteiger partial charge in [-0.05, 0) is 42.3 Å². The maximum absolute atomic E-state index is 6.15. The minimum atomic E-state index is 0.454. The summed E-state index contributed by atoms with van der Waals surface area (Å²) in [6, 6.07) is 14.4. The van der Waals surface area contributed by atoms with Crippen LogP contribution in [-0.4, -0.2) is 33.4 Å². The molecule has 1 N–H and O–H groups in total. The number of rotatable bonds is 6. The first-order valence-electron chi connectivity index (χ1n) is 8.14. The van der Waals surface area contributed by atoms with E-state index in [1.54, 1.807) is 14.2 Å². The Labute approximate surface area is 148 Å². The van der Waals surface area contributed by atoms with E-state index in [2.05, 4.69) is 22.3 Å². The van der Waals surface area contributed by atoms with Crippen molar-refractivity contribution in [1.29, 1.82) is 0 Å². The van der Waals surface area contributed by atoms with Gasteiger partial charge in [-0.3, -0.25) is 0 Å². The zero-order valence-corrected chi connectivity index (χ0v) is 14.8. The molecule has 24 heavy (non-hydrogen) atoms. The Morgan fingerprint density at radius 3 is 2.62 bits per heavy atom. The third-order valence-corrected chi connectivity index (χ3v) is 4.66. The summed E-state index contributed by atoms with van der Waals surface area (Å²) in [6.07, 6.45) is 1.10. The molecule has 2 aromatic rings. The van der Waals surface area contributed by atoms with Gasteiger partial charge < -0.3 is 19.7 Å². The smallest absolute Gasteiger partial charge is 0.142 e. The van der Waals surface area contributed by atoms with Crippen LogP contribution in [0.2, 0.25) is 5.02 Å². The molecule has 1 unspecified atom stereocenters. The van der Waals surface area contributed by atoms with Crippen molar-refractivity contribution in [1.82, 2.24) is 5.32 Å². The van der Waals surface area contributed by atoms with Crippen molar-refractivity contribution in [2.24, 2.45) is 0 Å². The average Bonchev–Trinajstić information content (AvgIpc) is 3.09. The highest BCUT2D eigenvalue weighted by Crippen LogP contribution is 2.33. The van der Waals surface area contributed by atoms with Gasteiger partial charge in [0.25, 0.3) is 0 Å². The van der Waals surface area contributed by atoms with Gasteiger partial charge in [0.05, 0.1) is 19.9 Å². The second-order valence-corrected chi connectivity index (χ2v) is 6.41. The van der Waals surface area contributed by atoms with Crippen molar-refractivity contribution < 1.29 is 9.47 Å². The van der Waals surface area contributed by atoms with Gasteiger partial charge in [0.1, 0.15) is 11.5 Å². The lowest BCUT2D eigenvalue weighted by molar-refractivity contribution is 0.414. The molecule has 0 amide bonds. The number of hydrogen-bond acceptors (Lipinski definition) is 4. The summed E-state index contributed by atoms with van der Waals surface area (Å²) >= 11 is 6.15. The Hall–Kier alpha value is -1.91. The van der Waals surface area contributed by atoms with Crippen LogP contribution in [0.3, 0.4) is 0 Å². The van der Waals surface area contributed by atoms with Crippen LogP contribution in [0.1, 0.15) is 12.0 Å². The number of benzene rings is 2. The second-order valence-electron chi connectivity index (χ2n) is 5.98. The molecule has 0 spiro atoms. The fourth-order valence-electron chi connectivity index (χ4n) is 3.06. The van der Waals surface area contributed by atoms with E-state index >= 15 is 0 Å². The molecule has 1 aliphatic rings. The summed E-state index contributed by atoms with van der Waals surface area (Å²) in [5.41, 5.74) is 2.33. The highest BCUT2D eigenvalue weighted by molar-refractivity contribution is 6.30. The third-order valence-electron chi connectivity index (χ3n) is 4.42. The molecular weight excluding hydrogens is 324 g/mol. The van der Waals surface area contributed by atoms with Gasteiger partial charge in [-0.25, -0.2) is 0 Å². The van der Waals surface area contributed by atoms with Crippen molar-refractivity contribution in [2.45, 2.75) is 19.0 Å². The monoisotopic (exact) mass is 346 g/mol. The zero-order valence-electron chi connectivity index (χ0n) is 14.1. The molecule has 1 aliphatic heterocycles. The van der Waals surface area contributed by atoms with Gasteiger partial charge in [0.15, 0.2) is 0 Å². The standard InChI is InChI=1S/C19H23ClN2O2/c1-23-17-6-3-14(4-7-17)12-21-16-9-10-22(13-16)18-11-15(20)5-8-19(18)24-2/h3-8,11,16,21H,9-10,12-13H2,1-2H3. The van der Waals surface area contributed by atoms with Gasteiger partial charge in [0, 0.05) is 30.7 Å². The molecule has 0 bridgehead atoms. The topological polar surface area (TPSA) is 33.7 Å². The highest BCUT2D eigenvalue weighted by atomic mass is 35.5. The lowest BCUT2D eigenvalue weighted by Gasteiger charge is -2.22. The molecule has 2 aromatic carbocycles. The largest absolute Gasteiger partial charge is 0.497 e. The maximum atomic E-state index is 6.15. The van der Waals surface area contributed by atoms with Crippen LogP contribution >= 0.6 is 11.6 Å². The molecule has 1 fully saturated rings. The minimum absolute atomic E-state index is 0.454. The molecule has 1 saturated heterocycles. The lowest BCUT2D eigenvalue weighted by Crippen LogP contribution is -2.32. The molecule has 3 rings (SSSR count). The quantitative estimate of drug-likeness (QED) is 0.864. The first kappa shape index (κ1) is 16.9. The van der Waals surface area contributed by atoms with E-state index in [1.807, 2.05) is 30.3 Å². The zero-order chi connectivity index (χ0) is 16.9. The van der Waals surface area contributed by atoms with Gasteiger partial charge in [-0.1, -0.05) is 23.7 Å². The van der Waals surface area contributed by atoms with E-state index in [4.69, 9.17) is 21.1 Å². The average molecular weight is 347 g/mol. The fourth-order valence-corrected chi connectivity index (χ4v) is 3.23. The Bertz CT molecular complexity index is 676. The van der Waals surface area contributed by atoms with Gasteiger partial charge in [-0.2, -0.15) is 0 Å². The summed E-state index contributed by atoms with van der Waals surface area (Å²) < 4.78 is 10.7. The number of ether oxygens (including phenoxy) is 2. The van der Waals surface area contributed by atoms with E-state index in [9.17, 15) is 0 Å². The van der Waals surface area contributed by atoms with Gasteiger partial charge in [-0.15, -0.1) is 0 Å². The first-order chi connectivity index (χ1) is 11.7. The van der Waals surface area contributed by atoms with Crippen molar-refractivity contribution in [3.8, 4) is 11.5 Å². The summed E-state index contributed by atoms with van der Waals surface area (Å²) in [5, 5.41) is 4.37. The lowest BCUT2D eigenvalue weighted by atomic mass is 10.2. The van der Waals surface area contributed by atoms with E-state index < -0.39 is 0 Å². The van der Waals surface area contributed by atoms with Crippen LogP contribution in [0.5, 0.6) is 11.5 Å². The molecule has 0 saturated carbocycles. The number of nitrogens with zero attached hydrogens (tertiary/aromatic N) is 1. The maximum Gasteiger partial charge on any atom is 0.142 e. The molecule has 0 aliphatic carbocycles. The van der Waals surface area contributed by atoms with Crippen LogP contribution in [0.25, 0.3) is 0 Å². The van der Waals surface area contributed by atoms with Crippen LogP contribution in [-0.2, 0) is 6.54 Å². The SMILES string of the molecule is COc1ccc(CNC2CCN(c3cc(Cl)ccc3OC)C2)cc1. The fraction of sp³-hybridized carbons (Fsp3) is 0.368. The summed E-state index contributed by atoms with van der Waals surface area (Å²) in [7, 11) is 3.38. The van der Waals surface area contributed by atoms with Crippen LogP contribution in [0.4, 0.5) is 5.69 Å². The minimum Gasteiger partial charge on any atom is -0.497 e. The molecular formula is C19H23ClN2O2. The number of hydrogen-bond donors (Lipinski definition) is 1. The number of anilines is 1. The van der Waals surface area contributed by atoms with Gasteiger partial charge in [0.2, 0.25) is 0 Å². The summed E-state index contributed by atoms with van der Waals surface area (Å²) in [6.45, 7) is 2.80. The van der Waals surface area contributed by atoms with E-state index in [1.165, 1.54) is 5.56 Å². The van der Waals surface area contributed by atoms with E-state index in [0.717, 1.165) is 48.3 Å². The molecule has 5 heteroatoms. The number of halogens is 1. The normalized spacial score (nSPS) is 17.1. The van der Waals surface area contributed by atoms with Crippen molar-refractivity contribution in [3.05, 3.63) is 53.1 Å². The molecule has 1 atom stereocenters. The van der Waals surface area contributed by atoms with Crippen molar-refractivity contribution in [2.75, 3.05) is 32.2 Å². The Morgan fingerprint density at radius 1 is 1.12 bits per heavy atom. The molecule has 1 heterocycles. The third kappa shape index (κ3) is 3.94. The Morgan fingerprint density at radius 2 is 1.92 bits per heavy atom. The molecule has 4 nitrogen and oxygen atoms in total. The number of nitrogens with one attached hydrogen (secondary N) is 1. The van der Waals surface area contributed by atoms with E-state index in [-0.39, 0.29) is 0 Å². The molecule has 0 radical (unpaired) electrons. The second kappa shape index (κ2) is 7.77. The van der Waals surface area contributed by atoms with Crippen LogP contribution in [0.15, 0.2) is 42.5 Å². The van der Waals surface area contributed by atoms with Crippen molar-refractivity contribution >= 4 is 17.3 Å². The molecule has 128 valence electrons. The van der Waals surface area contributed by atoms with Gasteiger partial charge >= 0.3 is 0 Å². The Balaban J connectivity index is 1.58. The van der Waals surface area contributed by atoms with Crippen molar-refractivity contribution in [3.63, 3.8) is 0 Å². The van der Waals surface area contributed by atoms with E-state index in [0.29, 0.717) is 6.04 Å². The first-order valence-corrected chi connectivity index (χ1v) is 8.52. The number of methoxy groups -OCH3 is 2. The summed E-state index contributed by atoms with van der Waals surface area (Å²) in [5.74, 6) is 1.76. The Kier molecular flexibility index (Phi) is 5.48. The predicted octanol–water partition coefficient (Wildman–Crippen LogP) is 3.73. The van der Waals surface area contributed by atoms with Crippen LogP contribution < -0.4 is 19.7 Å².